The summed E-state index contributed by atoms with van der Waals surface area (Å²) in [6.07, 6.45) is 3.25. The third-order valence-electron chi connectivity index (χ3n) is 3.82. The summed E-state index contributed by atoms with van der Waals surface area (Å²) >= 11 is 0. The fourth-order valence-corrected chi connectivity index (χ4v) is 2.67. The molecule has 0 atom stereocenters. The highest BCUT2D eigenvalue weighted by atomic mass is 16.2. The molecule has 0 spiro atoms. The molecule has 104 valence electrons. The molecule has 0 bridgehead atoms. The zero-order valence-electron chi connectivity index (χ0n) is 11.8. The van der Waals surface area contributed by atoms with Crippen LogP contribution in [0.4, 0.5) is 0 Å². The summed E-state index contributed by atoms with van der Waals surface area (Å²) in [6.45, 7) is 5.32. The van der Waals surface area contributed by atoms with Crippen LogP contribution >= 0.6 is 0 Å². The lowest BCUT2D eigenvalue weighted by atomic mass is 9.89. The summed E-state index contributed by atoms with van der Waals surface area (Å²) in [5.41, 5.74) is 1.42. The van der Waals surface area contributed by atoms with Crippen LogP contribution in [0.2, 0.25) is 0 Å². The number of carbonyl (C=O) groups excluding carboxylic acids is 1. The first kappa shape index (κ1) is 14.1. The molecule has 0 unspecified atom stereocenters. The maximum atomic E-state index is 12.0. The lowest BCUT2D eigenvalue weighted by Gasteiger charge is -2.32. The van der Waals surface area contributed by atoms with Crippen molar-refractivity contribution in [3.63, 3.8) is 0 Å². The van der Waals surface area contributed by atoms with E-state index in [4.69, 9.17) is 0 Å². The van der Waals surface area contributed by atoms with Gasteiger partial charge < -0.3 is 10.2 Å². The van der Waals surface area contributed by atoms with Crippen molar-refractivity contribution in [3.05, 3.63) is 35.9 Å². The number of nitrogens with one attached hydrogen (secondary N) is 1. The number of nitrogens with zero attached hydrogens (tertiary/aromatic N) is 1. The lowest BCUT2D eigenvalue weighted by Crippen LogP contribution is -2.42. The molecule has 1 N–H and O–H groups in total. The first-order valence-corrected chi connectivity index (χ1v) is 7.34. The van der Waals surface area contributed by atoms with E-state index in [2.05, 4.69) is 42.6 Å². The summed E-state index contributed by atoms with van der Waals surface area (Å²) < 4.78 is 0. The van der Waals surface area contributed by atoms with Gasteiger partial charge in [0.15, 0.2) is 0 Å². The van der Waals surface area contributed by atoms with Crippen LogP contribution in [-0.4, -0.2) is 37.0 Å². The molecule has 1 saturated heterocycles. The maximum Gasteiger partial charge on any atom is 0.236 e. The van der Waals surface area contributed by atoms with Gasteiger partial charge in [-0.3, -0.25) is 4.79 Å². The predicted molar refractivity (Wildman–Crippen MR) is 78.2 cm³/mol. The highest BCUT2D eigenvalue weighted by Crippen LogP contribution is 2.27. The van der Waals surface area contributed by atoms with E-state index in [1.54, 1.807) is 0 Å². The number of likely N-dealkylation sites (tertiary alicyclic amines) is 1. The molecule has 0 aliphatic carbocycles. The third-order valence-corrected chi connectivity index (χ3v) is 3.82. The zero-order chi connectivity index (χ0) is 13.5. The average molecular weight is 260 g/mol. The normalized spacial score (nSPS) is 16.6. The van der Waals surface area contributed by atoms with Gasteiger partial charge in [0.05, 0.1) is 6.54 Å². The molecule has 1 aliphatic heterocycles. The van der Waals surface area contributed by atoms with Gasteiger partial charge in [-0.25, -0.2) is 0 Å². The first-order valence-electron chi connectivity index (χ1n) is 7.34. The second-order valence-electron chi connectivity index (χ2n) is 5.24. The van der Waals surface area contributed by atoms with E-state index in [0.29, 0.717) is 12.5 Å². The van der Waals surface area contributed by atoms with Gasteiger partial charge in [0.1, 0.15) is 0 Å². The SMILES string of the molecule is CCCNCC(=O)N1CCC(c2ccccc2)CC1. The van der Waals surface area contributed by atoms with Crippen LogP contribution in [0.3, 0.4) is 0 Å². The predicted octanol–water partition coefficient (Wildman–Crippen LogP) is 2.39. The van der Waals surface area contributed by atoms with Gasteiger partial charge in [0, 0.05) is 13.1 Å². The van der Waals surface area contributed by atoms with E-state index < -0.39 is 0 Å². The number of carbonyl (C=O) groups is 1. The molecule has 1 aromatic rings. The van der Waals surface area contributed by atoms with Gasteiger partial charge >= 0.3 is 0 Å². The minimum atomic E-state index is 0.250. The van der Waals surface area contributed by atoms with E-state index in [9.17, 15) is 4.79 Å². The van der Waals surface area contributed by atoms with E-state index in [1.807, 2.05) is 4.90 Å². The Morgan fingerprint density at radius 2 is 1.95 bits per heavy atom. The van der Waals surface area contributed by atoms with Crippen molar-refractivity contribution in [3.8, 4) is 0 Å². The molecule has 1 amide bonds. The average Bonchev–Trinajstić information content (AvgIpc) is 2.48. The van der Waals surface area contributed by atoms with Gasteiger partial charge in [-0.1, -0.05) is 37.3 Å². The van der Waals surface area contributed by atoms with Crippen LogP contribution in [0.15, 0.2) is 30.3 Å². The van der Waals surface area contributed by atoms with Crippen molar-refractivity contribution < 1.29 is 4.79 Å². The Bertz CT molecular complexity index is 383. The molecular weight excluding hydrogens is 236 g/mol. The number of benzene rings is 1. The fourth-order valence-electron chi connectivity index (χ4n) is 2.67. The standard InChI is InChI=1S/C16H24N2O/c1-2-10-17-13-16(19)18-11-8-15(9-12-18)14-6-4-3-5-7-14/h3-7,15,17H,2,8-13H2,1H3. The number of hydrogen-bond donors (Lipinski definition) is 1. The molecule has 1 aromatic carbocycles. The molecular formula is C16H24N2O. The highest BCUT2D eigenvalue weighted by molar-refractivity contribution is 5.78. The molecule has 0 aromatic heterocycles. The van der Waals surface area contributed by atoms with Gasteiger partial charge in [0.2, 0.25) is 5.91 Å². The second kappa shape index (κ2) is 7.29. The Labute approximate surface area is 116 Å². The van der Waals surface area contributed by atoms with Crippen molar-refractivity contribution in [2.24, 2.45) is 0 Å². The maximum absolute atomic E-state index is 12.0. The van der Waals surface area contributed by atoms with Crippen molar-refractivity contribution in [2.75, 3.05) is 26.2 Å². The van der Waals surface area contributed by atoms with Gasteiger partial charge in [-0.15, -0.1) is 0 Å². The Kier molecular flexibility index (Phi) is 5.40. The van der Waals surface area contributed by atoms with Crippen LogP contribution in [0.5, 0.6) is 0 Å². The summed E-state index contributed by atoms with van der Waals surface area (Å²) in [4.78, 5) is 14.0. The molecule has 3 nitrogen and oxygen atoms in total. The van der Waals surface area contributed by atoms with Crippen molar-refractivity contribution in [2.45, 2.75) is 32.1 Å². The molecule has 0 saturated carbocycles. The van der Waals surface area contributed by atoms with Crippen molar-refractivity contribution in [1.82, 2.24) is 10.2 Å². The van der Waals surface area contributed by atoms with Crippen LogP contribution in [0.1, 0.15) is 37.7 Å². The topological polar surface area (TPSA) is 32.3 Å². The summed E-state index contributed by atoms with van der Waals surface area (Å²) in [5, 5.41) is 3.18. The Morgan fingerprint density at radius 1 is 1.26 bits per heavy atom. The molecule has 1 fully saturated rings. The molecule has 2 rings (SSSR count). The molecule has 3 heteroatoms. The molecule has 0 radical (unpaired) electrons. The lowest BCUT2D eigenvalue weighted by molar-refractivity contribution is -0.131. The highest BCUT2D eigenvalue weighted by Gasteiger charge is 2.23. The third kappa shape index (κ3) is 4.06. The first-order chi connectivity index (χ1) is 9.31. The summed E-state index contributed by atoms with van der Waals surface area (Å²) in [6, 6.07) is 10.7. The van der Waals surface area contributed by atoms with Crippen molar-refractivity contribution in [1.29, 1.82) is 0 Å². The fraction of sp³-hybridized carbons (Fsp3) is 0.562. The number of hydrogen-bond acceptors (Lipinski definition) is 2. The molecule has 1 heterocycles. The van der Waals surface area contributed by atoms with Gasteiger partial charge in [-0.05, 0) is 37.3 Å². The number of rotatable bonds is 5. The van der Waals surface area contributed by atoms with E-state index >= 15 is 0 Å². The van der Waals surface area contributed by atoms with E-state index in [0.717, 1.165) is 38.9 Å². The van der Waals surface area contributed by atoms with E-state index in [1.165, 1.54) is 5.56 Å². The number of amides is 1. The van der Waals surface area contributed by atoms with Crippen LogP contribution in [-0.2, 0) is 4.79 Å². The van der Waals surface area contributed by atoms with E-state index in [-0.39, 0.29) is 5.91 Å². The number of piperidine rings is 1. The van der Waals surface area contributed by atoms with Crippen LogP contribution < -0.4 is 5.32 Å². The van der Waals surface area contributed by atoms with Gasteiger partial charge in [-0.2, -0.15) is 0 Å². The Hall–Kier alpha value is -1.35. The largest absolute Gasteiger partial charge is 0.342 e. The smallest absolute Gasteiger partial charge is 0.236 e. The zero-order valence-corrected chi connectivity index (χ0v) is 11.8. The molecule has 19 heavy (non-hydrogen) atoms. The van der Waals surface area contributed by atoms with Gasteiger partial charge in [0.25, 0.3) is 0 Å². The monoisotopic (exact) mass is 260 g/mol. The Morgan fingerprint density at radius 3 is 2.58 bits per heavy atom. The van der Waals surface area contributed by atoms with Crippen LogP contribution in [0.25, 0.3) is 0 Å². The quantitative estimate of drug-likeness (QED) is 0.825. The minimum absolute atomic E-state index is 0.250. The van der Waals surface area contributed by atoms with Crippen molar-refractivity contribution >= 4 is 5.91 Å². The minimum Gasteiger partial charge on any atom is -0.342 e. The second-order valence-corrected chi connectivity index (χ2v) is 5.24. The molecule has 1 aliphatic rings. The Balaban J connectivity index is 1.77. The summed E-state index contributed by atoms with van der Waals surface area (Å²) in [7, 11) is 0. The van der Waals surface area contributed by atoms with Crippen LogP contribution in [0, 0.1) is 0 Å². The summed E-state index contributed by atoms with van der Waals surface area (Å²) in [5.74, 6) is 0.869.